The zero-order chi connectivity index (χ0) is 9.02. The smallest absolute Gasteiger partial charge is 0.217 e. The average molecular weight is 158 g/mol. The number of nitrogens with one attached hydrogen (secondary N) is 1. The molecule has 0 aromatic rings. The minimum absolute atomic E-state index is 0.00944. The molecule has 0 saturated heterocycles. The molecule has 0 saturated carbocycles. The Labute approximate surface area is 67.1 Å². The van der Waals surface area contributed by atoms with E-state index in [1.165, 1.54) is 6.92 Å². The molecule has 0 fully saturated rings. The van der Waals surface area contributed by atoms with Crippen molar-refractivity contribution in [3.8, 4) is 0 Å². The fraction of sp³-hybridized carbons (Fsp3) is 0.625. The molecule has 0 aliphatic carbocycles. The second-order valence-electron chi connectivity index (χ2n) is 2.91. The van der Waals surface area contributed by atoms with Crippen LogP contribution in [0.3, 0.4) is 0 Å². The van der Waals surface area contributed by atoms with Gasteiger partial charge in [0.2, 0.25) is 5.91 Å². The van der Waals surface area contributed by atoms with E-state index in [-0.39, 0.29) is 23.6 Å². The fourth-order valence-corrected chi connectivity index (χ4v) is 0.854. The number of rotatable bonds is 3. The molecule has 0 aromatic carbocycles. The minimum Gasteiger partial charge on any atom is -0.511 e. The van der Waals surface area contributed by atoms with Crippen LogP contribution in [0.25, 0.3) is 0 Å². The van der Waals surface area contributed by atoms with Crippen LogP contribution in [0.15, 0.2) is 12.3 Å². The molecular weight excluding hydrogens is 143 g/mol. The van der Waals surface area contributed by atoms with Gasteiger partial charge in [0.05, 0.1) is 6.04 Å². The van der Waals surface area contributed by atoms with Gasteiger partial charge >= 0.3 is 0 Å². The van der Waals surface area contributed by atoms with Gasteiger partial charge in [0, 0.05) is 6.92 Å². The molecule has 64 valence electrons. The number of aliphatic hydroxyl groups is 1. The molecule has 0 rings (SSSR count). The van der Waals surface area contributed by atoms with E-state index >= 15 is 0 Å². The molecule has 0 radical (unpaired) electrons. The third-order valence-corrected chi connectivity index (χ3v) is 1.38. The van der Waals surface area contributed by atoms with Crippen molar-refractivity contribution in [2.45, 2.75) is 26.8 Å². The molecule has 0 spiro atoms. The Morgan fingerprint density at radius 3 is 2.09 bits per heavy atom. The largest absolute Gasteiger partial charge is 0.511 e. The summed E-state index contributed by atoms with van der Waals surface area (Å²) < 4.78 is 0. The van der Waals surface area contributed by atoms with Crippen LogP contribution in [0.4, 0.5) is 0 Å². The van der Waals surface area contributed by atoms with E-state index < -0.39 is 0 Å². The molecule has 1 amide bonds. The minimum atomic E-state index is -0.326. The SMILES string of the molecule is C=C(O)[C@@H]([15NH]C(C)=O)C(C)C. The van der Waals surface area contributed by atoms with E-state index in [9.17, 15) is 4.79 Å². The molecule has 0 unspecified atom stereocenters. The van der Waals surface area contributed by atoms with Crippen LogP contribution in [0.2, 0.25) is 0 Å². The second kappa shape index (κ2) is 4.01. The van der Waals surface area contributed by atoms with E-state index in [4.69, 9.17) is 5.11 Å². The van der Waals surface area contributed by atoms with Crippen molar-refractivity contribution in [1.29, 1.82) is 0 Å². The van der Waals surface area contributed by atoms with Crippen molar-refractivity contribution < 1.29 is 9.90 Å². The Balaban J connectivity index is 4.12. The summed E-state index contributed by atoms with van der Waals surface area (Å²) in [5.41, 5.74) is 0. The van der Waals surface area contributed by atoms with Crippen LogP contribution in [0, 0.1) is 5.92 Å². The number of amides is 1. The molecule has 3 nitrogen and oxygen atoms in total. The highest BCUT2D eigenvalue weighted by Crippen LogP contribution is 2.07. The van der Waals surface area contributed by atoms with Crippen LogP contribution in [-0.4, -0.2) is 17.1 Å². The summed E-state index contributed by atoms with van der Waals surface area (Å²) in [5.74, 6) is 0.0190. The first kappa shape index (κ1) is 10.0. The standard InChI is InChI=1S/C8H15NO2/c1-5(2)8(6(3)10)9-7(4)11/h5,8,10H,3H2,1-2,4H3,(H,9,11)/t8-/m0/s1/i9+1. The summed E-state index contributed by atoms with van der Waals surface area (Å²) in [4.78, 5) is 10.6. The predicted octanol–water partition coefficient (Wildman–Crippen LogP) is 1.22. The molecule has 1 atom stereocenters. The molecule has 0 bridgehead atoms. The van der Waals surface area contributed by atoms with E-state index in [1.807, 2.05) is 13.8 Å². The highest BCUT2D eigenvalue weighted by atomic mass is 16.3. The Kier molecular flexibility index (Phi) is 3.65. The van der Waals surface area contributed by atoms with Crippen LogP contribution >= 0.6 is 0 Å². The maximum absolute atomic E-state index is 10.6. The summed E-state index contributed by atoms with van der Waals surface area (Å²) in [6.07, 6.45) is 0. The third kappa shape index (κ3) is 3.65. The van der Waals surface area contributed by atoms with Gasteiger partial charge in [-0.15, -0.1) is 0 Å². The second-order valence-corrected chi connectivity index (χ2v) is 2.91. The van der Waals surface area contributed by atoms with Crippen molar-refractivity contribution in [1.82, 2.24) is 5.32 Å². The maximum atomic E-state index is 10.6. The summed E-state index contributed by atoms with van der Waals surface area (Å²) in [6.45, 7) is 8.60. The summed E-state index contributed by atoms with van der Waals surface area (Å²) >= 11 is 0. The fourth-order valence-electron chi connectivity index (χ4n) is 0.854. The molecule has 0 aliphatic rings. The Morgan fingerprint density at radius 2 is 2.00 bits per heavy atom. The van der Waals surface area contributed by atoms with E-state index in [1.54, 1.807) is 0 Å². The summed E-state index contributed by atoms with van der Waals surface area (Å²) in [5, 5.41) is 11.6. The van der Waals surface area contributed by atoms with Gasteiger partial charge in [-0.3, -0.25) is 4.79 Å². The zero-order valence-corrected chi connectivity index (χ0v) is 7.22. The monoisotopic (exact) mass is 158 g/mol. The van der Waals surface area contributed by atoms with E-state index in [2.05, 4.69) is 11.9 Å². The number of carbonyl (C=O) groups is 1. The number of hydrogen-bond acceptors (Lipinski definition) is 2. The third-order valence-electron chi connectivity index (χ3n) is 1.38. The van der Waals surface area contributed by atoms with Crippen LogP contribution < -0.4 is 5.32 Å². The van der Waals surface area contributed by atoms with Crippen molar-refractivity contribution in [3.63, 3.8) is 0 Å². The molecular formula is C8H15NO2. The van der Waals surface area contributed by atoms with E-state index in [0.717, 1.165) is 0 Å². The van der Waals surface area contributed by atoms with Gasteiger partial charge < -0.3 is 10.4 Å². The molecule has 0 aromatic heterocycles. The highest BCUT2D eigenvalue weighted by molar-refractivity contribution is 5.73. The van der Waals surface area contributed by atoms with Gasteiger partial charge in [-0.25, -0.2) is 0 Å². The molecule has 2 N–H and O–H groups in total. The quantitative estimate of drug-likeness (QED) is 0.479. The molecule has 3 heteroatoms. The van der Waals surface area contributed by atoms with Crippen molar-refractivity contribution in [2.24, 2.45) is 5.92 Å². The Hall–Kier alpha value is -0.990. The van der Waals surface area contributed by atoms with Gasteiger partial charge in [-0.05, 0) is 5.92 Å². The number of aliphatic hydroxyl groups excluding tert-OH is 1. The van der Waals surface area contributed by atoms with Gasteiger partial charge in [0.25, 0.3) is 0 Å². The maximum Gasteiger partial charge on any atom is 0.217 e. The lowest BCUT2D eigenvalue weighted by atomic mass is 10.1. The normalized spacial score (nSPS) is 12.7. The molecule has 0 aliphatic heterocycles. The predicted molar refractivity (Wildman–Crippen MR) is 44.2 cm³/mol. The first-order valence-corrected chi connectivity index (χ1v) is 3.60. The lowest BCUT2D eigenvalue weighted by Gasteiger charge is -2.19. The van der Waals surface area contributed by atoms with Gasteiger partial charge in [-0.1, -0.05) is 20.4 Å². The van der Waals surface area contributed by atoms with Crippen molar-refractivity contribution in [2.75, 3.05) is 0 Å². The van der Waals surface area contributed by atoms with Gasteiger partial charge in [0.1, 0.15) is 5.76 Å². The van der Waals surface area contributed by atoms with Gasteiger partial charge in [0.15, 0.2) is 0 Å². The summed E-state index contributed by atoms with van der Waals surface area (Å²) in [7, 11) is 0. The van der Waals surface area contributed by atoms with Crippen molar-refractivity contribution >= 4 is 5.91 Å². The lowest BCUT2D eigenvalue weighted by molar-refractivity contribution is -0.119. The average Bonchev–Trinajstić information content (AvgIpc) is 1.81. The Bertz CT molecular complexity index is 163. The van der Waals surface area contributed by atoms with Gasteiger partial charge in [-0.2, -0.15) is 0 Å². The first-order chi connectivity index (χ1) is 4.95. The lowest BCUT2D eigenvalue weighted by Crippen LogP contribution is -2.38. The first-order valence-electron chi connectivity index (χ1n) is 3.60. The summed E-state index contributed by atoms with van der Waals surface area (Å²) in [6, 6.07) is -0.326. The van der Waals surface area contributed by atoms with E-state index in [0.29, 0.717) is 0 Å². The van der Waals surface area contributed by atoms with Crippen LogP contribution in [-0.2, 0) is 4.79 Å². The highest BCUT2D eigenvalue weighted by Gasteiger charge is 2.16. The van der Waals surface area contributed by atoms with Crippen molar-refractivity contribution in [3.05, 3.63) is 12.3 Å². The van der Waals surface area contributed by atoms with Crippen LogP contribution in [0.5, 0.6) is 0 Å². The topological polar surface area (TPSA) is 49.3 Å². The number of hydrogen-bond donors (Lipinski definition) is 2. The number of carbonyl (C=O) groups excluding carboxylic acids is 1. The zero-order valence-electron chi connectivity index (χ0n) is 7.22. The molecule has 11 heavy (non-hydrogen) atoms. The Morgan fingerprint density at radius 1 is 1.55 bits per heavy atom. The van der Waals surface area contributed by atoms with Crippen LogP contribution in [0.1, 0.15) is 20.8 Å². The molecule has 0 heterocycles.